The smallest absolute Gasteiger partial charge is 0.143 e. The van der Waals surface area contributed by atoms with Gasteiger partial charge in [-0.2, -0.15) is 0 Å². The zero-order valence-electron chi connectivity index (χ0n) is 9.71. The average Bonchev–Trinajstić information content (AvgIpc) is 2.36. The van der Waals surface area contributed by atoms with Crippen LogP contribution >= 0.6 is 34.2 Å². The molecule has 18 heavy (non-hydrogen) atoms. The number of halogens is 2. The number of hydrogen-bond acceptors (Lipinski definition) is 3. The lowest BCUT2D eigenvalue weighted by atomic mass is 10.2. The maximum atomic E-state index is 6.13. The predicted octanol–water partition coefficient (Wildman–Crippen LogP) is 4.28. The summed E-state index contributed by atoms with van der Waals surface area (Å²) < 4.78 is 6.28. The van der Waals surface area contributed by atoms with Gasteiger partial charge >= 0.3 is 0 Å². The van der Waals surface area contributed by atoms with Crippen molar-refractivity contribution in [3.05, 3.63) is 45.0 Å². The lowest BCUT2D eigenvalue weighted by Crippen LogP contribution is -1.99. The number of para-hydroxylation sites is 1. The highest BCUT2D eigenvalue weighted by Crippen LogP contribution is 2.34. The van der Waals surface area contributed by atoms with Crippen molar-refractivity contribution < 1.29 is 4.74 Å². The van der Waals surface area contributed by atoms with E-state index < -0.39 is 0 Å². The van der Waals surface area contributed by atoms with Crippen molar-refractivity contribution in [2.45, 2.75) is 0 Å². The van der Waals surface area contributed by atoms with Gasteiger partial charge < -0.3 is 15.8 Å². The number of anilines is 3. The van der Waals surface area contributed by atoms with Crippen molar-refractivity contribution >= 4 is 51.3 Å². The van der Waals surface area contributed by atoms with Crippen molar-refractivity contribution in [2.24, 2.45) is 0 Å². The van der Waals surface area contributed by atoms with Crippen molar-refractivity contribution in [3.8, 4) is 5.75 Å². The average molecular weight is 375 g/mol. The Morgan fingerprint density at radius 1 is 1.22 bits per heavy atom. The number of ether oxygens (including phenoxy) is 1. The molecule has 0 heterocycles. The molecule has 5 heteroatoms. The number of benzene rings is 2. The van der Waals surface area contributed by atoms with E-state index >= 15 is 0 Å². The fraction of sp³-hybridized carbons (Fsp3) is 0.0769. The van der Waals surface area contributed by atoms with Gasteiger partial charge in [0, 0.05) is 3.57 Å². The van der Waals surface area contributed by atoms with Gasteiger partial charge in [0.1, 0.15) is 5.75 Å². The Bertz CT molecular complexity index is 575. The lowest BCUT2D eigenvalue weighted by Gasteiger charge is -2.13. The molecule has 0 saturated carbocycles. The van der Waals surface area contributed by atoms with E-state index in [1.807, 2.05) is 36.4 Å². The van der Waals surface area contributed by atoms with Crippen LogP contribution < -0.4 is 15.8 Å². The molecule has 0 bridgehead atoms. The lowest BCUT2D eigenvalue weighted by molar-refractivity contribution is 0.417. The van der Waals surface area contributed by atoms with E-state index in [0.29, 0.717) is 16.5 Å². The summed E-state index contributed by atoms with van der Waals surface area (Å²) in [6.07, 6.45) is 0. The summed E-state index contributed by atoms with van der Waals surface area (Å²) in [6.45, 7) is 0. The Morgan fingerprint density at radius 3 is 2.72 bits per heavy atom. The Balaban J connectivity index is 2.37. The van der Waals surface area contributed by atoms with Crippen LogP contribution in [0.25, 0.3) is 0 Å². The molecule has 0 unspecified atom stereocenters. The molecule has 0 radical (unpaired) electrons. The maximum absolute atomic E-state index is 6.13. The van der Waals surface area contributed by atoms with Gasteiger partial charge in [-0.3, -0.25) is 0 Å². The normalized spacial score (nSPS) is 10.2. The van der Waals surface area contributed by atoms with E-state index in [1.54, 1.807) is 7.11 Å². The molecule has 0 amide bonds. The molecule has 2 aromatic rings. The molecule has 0 aliphatic rings. The third kappa shape index (κ3) is 2.81. The zero-order valence-corrected chi connectivity index (χ0v) is 12.6. The van der Waals surface area contributed by atoms with Crippen LogP contribution in [0.15, 0.2) is 36.4 Å². The van der Waals surface area contributed by atoms with E-state index in [0.717, 1.165) is 14.9 Å². The first-order valence-electron chi connectivity index (χ1n) is 5.26. The van der Waals surface area contributed by atoms with E-state index in [1.165, 1.54) is 0 Å². The summed E-state index contributed by atoms with van der Waals surface area (Å²) in [6, 6.07) is 11.3. The van der Waals surface area contributed by atoms with Crippen molar-refractivity contribution in [1.82, 2.24) is 0 Å². The third-order valence-electron chi connectivity index (χ3n) is 2.48. The Morgan fingerprint density at radius 2 is 2.00 bits per heavy atom. The van der Waals surface area contributed by atoms with Crippen LogP contribution in [-0.4, -0.2) is 7.11 Å². The van der Waals surface area contributed by atoms with Gasteiger partial charge in [-0.05, 0) is 52.9 Å². The molecule has 2 aromatic carbocycles. The standard InChI is InChI=1S/C13H12ClIN2O/c1-18-12-4-2-3-10(13(12)16)17-11-7-8(15)5-6-9(11)14/h2-7,17H,16H2,1H3. The molecule has 2 rings (SSSR count). The van der Waals surface area contributed by atoms with Gasteiger partial charge in [0.25, 0.3) is 0 Å². The molecule has 3 nitrogen and oxygen atoms in total. The first-order chi connectivity index (χ1) is 8.61. The number of nitrogens with one attached hydrogen (secondary N) is 1. The first kappa shape index (κ1) is 13.3. The molecule has 0 aromatic heterocycles. The highest BCUT2D eigenvalue weighted by atomic mass is 127. The molecule has 0 saturated heterocycles. The summed E-state index contributed by atoms with van der Waals surface area (Å²) in [5, 5.41) is 3.86. The first-order valence-corrected chi connectivity index (χ1v) is 6.72. The van der Waals surface area contributed by atoms with Gasteiger partial charge in [-0.15, -0.1) is 0 Å². The second-order valence-corrected chi connectivity index (χ2v) is 5.32. The van der Waals surface area contributed by atoms with Crippen LogP contribution in [-0.2, 0) is 0 Å². The van der Waals surface area contributed by atoms with Crippen LogP contribution in [0.5, 0.6) is 5.75 Å². The quantitative estimate of drug-likeness (QED) is 0.623. The largest absolute Gasteiger partial charge is 0.495 e. The monoisotopic (exact) mass is 374 g/mol. The Hall–Kier alpha value is -1.14. The van der Waals surface area contributed by atoms with E-state index in [-0.39, 0.29) is 0 Å². The van der Waals surface area contributed by atoms with Crippen molar-refractivity contribution in [1.29, 1.82) is 0 Å². The molecule has 0 aliphatic heterocycles. The number of hydrogen-bond donors (Lipinski definition) is 2. The Labute approximate surface area is 124 Å². The summed E-state index contributed by atoms with van der Waals surface area (Å²) >= 11 is 8.37. The number of nitrogen functional groups attached to an aromatic ring is 1. The fourth-order valence-corrected chi connectivity index (χ4v) is 2.23. The summed E-state index contributed by atoms with van der Waals surface area (Å²) in [5.74, 6) is 0.641. The van der Waals surface area contributed by atoms with Gasteiger partial charge in [-0.25, -0.2) is 0 Å². The number of methoxy groups -OCH3 is 1. The van der Waals surface area contributed by atoms with Crippen LogP contribution in [0, 0.1) is 3.57 Å². The van der Waals surface area contributed by atoms with E-state index in [9.17, 15) is 0 Å². The second kappa shape index (κ2) is 5.67. The minimum Gasteiger partial charge on any atom is -0.495 e. The summed E-state index contributed by atoms with van der Waals surface area (Å²) in [7, 11) is 1.59. The SMILES string of the molecule is COc1cccc(Nc2cc(I)ccc2Cl)c1N. The fourth-order valence-electron chi connectivity index (χ4n) is 1.57. The predicted molar refractivity (Wildman–Crippen MR) is 84.9 cm³/mol. The zero-order chi connectivity index (χ0) is 13.1. The highest BCUT2D eigenvalue weighted by molar-refractivity contribution is 14.1. The van der Waals surface area contributed by atoms with E-state index in [2.05, 4.69) is 27.9 Å². The van der Waals surface area contributed by atoms with Crippen LogP contribution in [0.3, 0.4) is 0 Å². The second-order valence-electron chi connectivity index (χ2n) is 3.67. The molecule has 0 atom stereocenters. The molecule has 0 aliphatic carbocycles. The van der Waals surface area contributed by atoms with E-state index in [4.69, 9.17) is 22.1 Å². The maximum Gasteiger partial charge on any atom is 0.143 e. The van der Waals surface area contributed by atoms with Crippen molar-refractivity contribution in [3.63, 3.8) is 0 Å². The van der Waals surface area contributed by atoms with Crippen molar-refractivity contribution in [2.75, 3.05) is 18.2 Å². The summed E-state index contributed by atoms with van der Waals surface area (Å²) in [5.41, 5.74) is 8.16. The minimum atomic E-state index is 0.565. The molecular formula is C13H12ClIN2O. The number of nitrogens with two attached hydrogens (primary N) is 1. The van der Waals surface area contributed by atoms with Crippen LogP contribution in [0.4, 0.5) is 17.1 Å². The highest BCUT2D eigenvalue weighted by Gasteiger charge is 2.07. The minimum absolute atomic E-state index is 0.565. The van der Waals surface area contributed by atoms with Gasteiger partial charge in [0.05, 0.1) is 29.2 Å². The van der Waals surface area contributed by atoms with Crippen LogP contribution in [0.1, 0.15) is 0 Å². The van der Waals surface area contributed by atoms with Gasteiger partial charge in [-0.1, -0.05) is 17.7 Å². The number of rotatable bonds is 3. The molecule has 94 valence electrons. The third-order valence-corrected chi connectivity index (χ3v) is 3.48. The molecule has 0 fully saturated rings. The summed E-state index contributed by atoms with van der Waals surface area (Å²) in [4.78, 5) is 0. The topological polar surface area (TPSA) is 47.3 Å². The molecule has 3 N–H and O–H groups in total. The van der Waals surface area contributed by atoms with Gasteiger partial charge in [0.15, 0.2) is 0 Å². The Kier molecular flexibility index (Phi) is 4.19. The van der Waals surface area contributed by atoms with Gasteiger partial charge in [0.2, 0.25) is 0 Å². The molecular weight excluding hydrogens is 363 g/mol. The molecule has 0 spiro atoms. The van der Waals surface area contributed by atoms with Crippen LogP contribution in [0.2, 0.25) is 5.02 Å².